The van der Waals surface area contributed by atoms with Crippen molar-refractivity contribution in [3.63, 3.8) is 0 Å². The van der Waals surface area contributed by atoms with Gasteiger partial charge < -0.3 is 14.6 Å². The van der Waals surface area contributed by atoms with E-state index in [4.69, 9.17) is 4.74 Å². The summed E-state index contributed by atoms with van der Waals surface area (Å²) in [7, 11) is 3.49. The number of hydrogen-bond donors (Lipinski definition) is 1. The Morgan fingerprint density at radius 3 is 2.47 bits per heavy atom. The molecule has 4 heteroatoms. The summed E-state index contributed by atoms with van der Waals surface area (Å²) in [6, 6.07) is 11.3. The zero-order valence-corrected chi connectivity index (χ0v) is 11.4. The summed E-state index contributed by atoms with van der Waals surface area (Å²) in [4.78, 5) is 12.1. The molecule has 2 aromatic rings. The average molecular weight is 258 g/mol. The molecule has 1 aromatic carbocycles. The van der Waals surface area contributed by atoms with Crippen molar-refractivity contribution >= 4 is 5.91 Å². The van der Waals surface area contributed by atoms with Gasteiger partial charge in [0.15, 0.2) is 0 Å². The fourth-order valence-corrected chi connectivity index (χ4v) is 1.94. The van der Waals surface area contributed by atoms with Crippen LogP contribution in [0.2, 0.25) is 0 Å². The first-order chi connectivity index (χ1) is 9.11. The number of hydrogen-bond acceptors (Lipinski definition) is 2. The number of methoxy groups -OCH3 is 1. The molecular formula is C15H18N2O2. The smallest absolute Gasteiger partial charge is 0.268 e. The lowest BCUT2D eigenvalue weighted by molar-refractivity contribution is 0.0931. The topological polar surface area (TPSA) is 43.3 Å². The number of nitrogens with one attached hydrogen (secondary N) is 1. The molecule has 100 valence electrons. The molecule has 0 bridgehead atoms. The molecule has 1 aromatic heterocycles. The van der Waals surface area contributed by atoms with Crippen molar-refractivity contribution < 1.29 is 9.53 Å². The first-order valence-corrected chi connectivity index (χ1v) is 6.18. The molecule has 0 aliphatic rings. The van der Waals surface area contributed by atoms with Crippen LogP contribution >= 0.6 is 0 Å². The van der Waals surface area contributed by atoms with Crippen LogP contribution in [0.4, 0.5) is 0 Å². The molecule has 1 amide bonds. The predicted molar refractivity (Wildman–Crippen MR) is 74.3 cm³/mol. The Morgan fingerprint density at radius 2 is 1.95 bits per heavy atom. The van der Waals surface area contributed by atoms with Crippen molar-refractivity contribution in [1.29, 1.82) is 0 Å². The summed E-state index contributed by atoms with van der Waals surface area (Å²) in [5.74, 6) is 0.737. The van der Waals surface area contributed by atoms with Crippen molar-refractivity contribution in [2.45, 2.75) is 13.0 Å². The first-order valence-electron chi connectivity index (χ1n) is 6.18. The van der Waals surface area contributed by atoms with Gasteiger partial charge in [0.05, 0.1) is 13.2 Å². The Bertz CT molecular complexity index is 558. The minimum Gasteiger partial charge on any atom is -0.497 e. The van der Waals surface area contributed by atoms with E-state index >= 15 is 0 Å². The highest BCUT2D eigenvalue weighted by Crippen LogP contribution is 2.17. The van der Waals surface area contributed by atoms with E-state index in [9.17, 15) is 4.79 Å². The Labute approximate surface area is 113 Å². The van der Waals surface area contributed by atoms with Gasteiger partial charge in [0.2, 0.25) is 0 Å². The summed E-state index contributed by atoms with van der Waals surface area (Å²) >= 11 is 0. The first kappa shape index (κ1) is 13.2. The number of carbonyl (C=O) groups is 1. The van der Waals surface area contributed by atoms with Crippen molar-refractivity contribution in [3.8, 4) is 5.75 Å². The molecule has 1 atom stereocenters. The zero-order chi connectivity index (χ0) is 13.8. The molecule has 0 saturated heterocycles. The minimum absolute atomic E-state index is 0.0479. The van der Waals surface area contributed by atoms with Gasteiger partial charge >= 0.3 is 0 Å². The Kier molecular flexibility index (Phi) is 3.90. The number of aryl methyl sites for hydroxylation is 1. The van der Waals surface area contributed by atoms with Crippen LogP contribution in [-0.4, -0.2) is 17.6 Å². The molecule has 1 N–H and O–H groups in total. The summed E-state index contributed by atoms with van der Waals surface area (Å²) in [6.45, 7) is 1.96. The molecule has 0 aliphatic heterocycles. The van der Waals surface area contributed by atoms with Gasteiger partial charge in [0, 0.05) is 13.2 Å². The number of nitrogens with zero attached hydrogens (tertiary/aromatic N) is 1. The highest BCUT2D eigenvalue weighted by molar-refractivity contribution is 5.92. The molecule has 0 radical (unpaired) electrons. The molecule has 1 unspecified atom stereocenters. The van der Waals surface area contributed by atoms with Gasteiger partial charge in [-0.05, 0) is 36.8 Å². The summed E-state index contributed by atoms with van der Waals surface area (Å²) in [6.07, 6.45) is 1.85. The van der Waals surface area contributed by atoms with E-state index in [2.05, 4.69) is 5.32 Å². The molecular weight excluding hydrogens is 240 g/mol. The Balaban J connectivity index is 2.06. The van der Waals surface area contributed by atoms with E-state index in [0.29, 0.717) is 5.69 Å². The molecule has 1 heterocycles. The zero-order valence-electron chi connectivity index (χ0n) is 11.4. The Morgan fingerprint density at radius 1 is 1.26 bits per heavy atom. The molecule has 0 saturated carbocycles. The van der Waals surface area contributed by atoms with Crippen LogP contribution in [0.25, 0.3) is 0 Å². The van der Waals surface area contributed by atoms with Gasteiger partial charge in [-0.3, -0.25) is 4.79 Å². The molecule has 0 aliphatic carbocycles. The third-order valence-corrected chi connectivity index (χ3v) is 3.14. The second-order valence-corrected chi connectivity index (χ2v) is 4.47. The minimum atomic E-state index is -0.0733. The molecule has 2 rings (SSSR count). The van der Waals surface area contributed by atoms with Gasteiger partial charge in [0.25, 0.3) is 5.91 Å². The van der Waals surface area contributed by atoms with Crippen LogP contribution < -0.4 is 10.1 Å². The van der Waals surface area contributed by atoms with Crippen LogP contribution in [0.5, 0.6) is 5.75 Å². The monoisotopic (exact) mass is 258 g/mol. The van der Waals surface area contributed by atoms with Gasteiger partial charge in [-0.15, -0.1) is 0 Å². The van der Waals surface area contributed by atoms with E-state index in [-0.39, 0.29) is 11.9 Å². The fraction of sp³-hybridized carbons (Fsp3) is 0.267. The lowest BCUT2D eigenvalue weighted by atomic mass is 10.1. The number of ether oxygens (including phenoxy) is 1. The van der Waals surface area contributed by atoms with Crippen molar-refractivity contribution in [1.82, 2.24) is 9.88 Å². The summed E-state index contributed by atoms with van der Waals surface area (Å²) in [5, 5.41) is 2.98. The SMILES string of the molecule is COc1ccc(C(C)NC(=O)c2cccn2C)cc1. The quantitative estimate of drug-likeness (QED) is 0.915. The molecule has 19 heavy (non-hydrogen) atoms. The van der Waals surface area contributed by atoms with Gasteiger partial charge in [-0.1, -0.05) is 12.1 Å². The lowest BCUT2D eigenvalue weighted by Crippen LogP contribution is -2.28. The van der Waals surface area contributed by atoms with Crippen LogP contribution in [0.1, 0.15) is 29.0 Å². The molecule has 4 nitrogen and oxygen atoms in total. The van der Waals surface area contributed by atoms with E-state index in [1.165, 1.54) is 0 Å². The average Bonchev–Trinajstić information content (AvgIpc) is 2.85. The van der Waals surface area contributed by atoms with E-state index in [1.807, 2.05) is 50.5 Å². The van der Waals surface area contributed by atoms with Crippen LogP contribution in [-0.2, 0) is 7.05 Å². The van der Waals surface area contributed by atoms with Gasteiger partial charge in [-0.2, -0.15) is 0 Å². The van der Waals surface area contributed by atoms with E-state index < -0.39 is 0 Å². The van der Waals surface area contributed by atoms with Gasteiger partial charge in [-0.25, -0.2) is 0 Å². The largest absolute Gasteiger partial charge is 0.497 e. The third-order valence-electron chi connectivity index (χ3n) is 3.14. The maximum Gasteiger partial charge on any atom is 0.268 e. The number of carbonyl (C=O) groups excluding carboxylic acids is 1. The summed E-state index contributed by atoms with van der Waals surface area (Å²) in [5.41, 5.74) is 1.70. The maximum atomic E-state index is 12.1. The van der Waals surface area contributed by atoms with Crippen LogP contribution in [0.15, 0.2) is 42.6 Å². The van der Waals surface area contributed by atoms with Crippen LogP contribution in [0, 0.1) is 0 Å². The highest BCUT2D eigenvalue weighted by Gasteiger charge is 2.13. The number of rotatable bonds is 4. The van der Waals surface area contributed by atoms with E-state index in [0.717, 1.165) is 11.3 Å². The molecule has 0 spiro atoms. The van der Waals surface area contributed by atoms with Crippen LogP contribution in [0.3, 0.4) is 0 Å². The fourth-order valence-electron chi connectivity index (χ4n) is 1.94. The van der Waals surface area contributed by atoms with E-state index in [1.54, 1.807) is 17.7 Å². The number of amides is 1. The normalized spacial score (nSPS) is 11.9. The highest BCUT2D eigenvalue weighted by atomic mass is 16.5. The Hall–Kier alpha value is -2.23. The molecule has 0 fully saturated rings. The second kappa shape index (κ2) is 5.61. The van der Waals surface area contributed by atoms with Gasteiger partial charge in [0.1, 0.15) is 11.4 Å². The second-order valence-electron chi connectivity index (χ2n) is 4.47. The third kappa shape index (κ3) is 2.96. The number of aromatic nitrogens is 1. The van der Waals surface area contributed by atoms with Crippen molar-refractivity contribution in [2.24, 2.45) is 7.05 Å². The summed E-state index contributed by atoms with van der Waals surface area (Å²) < 4.78 is 6.92. The maximum absolute atomic E-state index is 12.1. The van der Waals surface area contributed by atoms with Crippen molar-refractivity contribution in [2.75, 3.05) is 7.11 Å². The number of benzene rings is 1. The van der Waals surface area contributed by atoms with Crippen molar-refractivity contribution in [3.05, 3.63) is 53.9 Å². The standard InChI is InChI=1S/C15H18N2O2/c1-11(12-6-8-13(19-3)9-7-12)16-15(18)14-5-4-10-17(14)2/h4-11H,1-3H3,(H,16,18). The lowest BCUT2D eigenvalue weighted by Gasteiger charge is -2.15. The predicted octanol–water partition coefficient (Wildman–Crippen LogP) is 2.52.